The number of nitrogens with one attached hydrogen (secondary N) is 2. The van der Waals surface area contributed by atoms with E-state index in [9.17, 15) is 20.0 Å². The standard InChI is InChI=1S/C11H15N3O4/c15-8-2-1-7(5-8)6-12-11(16)9-3-4-10(13-9)14(17)18/h3-4,7-8,13,15H,1-2,5-6H2,(H,12,16). The number of H-pyrrole nitrogens is 1. The number of nitro groups is 1. The van der Waals surface area contributed by atoms with Crippen LogP contribution in [0.1, 0.15) is 29.8 Å². The second-order valence-electron chi connectivity index (χ2n) is 4.56. The van der Waals surface area contributed by atoms with Gasteiger partial charge in [-0.2, -0.15) is 0 Å². The van der Waals surface area contributed by atoms with Gasteiger partial charge in [-0.05, 0) is 36.2 Å². The Balaban J connectivity index is 1.85. The zero-order chi connectivity index (χ0) is 13.1. The Labute approximate surface area is 103 Å². The van der Waals surface area contributed by atoms with Crippen molar-refractivity contribution in [1.29, 1.82) is 0 Å². The summed E-state index contributed by atoms with van der Waals surface area (Å²) in [6, 6.07) is 2.64. The Morgan fingerprint density at radius 1 is 1.56 bits per heavy atom. The van der Waals surface area contributed by atoms with Crippen LogP contribution >= 0.6 is 0 Å². The van der Waals surface area contributed by atoms with Crippen molar-refractivity contribution < 1.29 is 14.8 Å². The van der Waals surface area contributed by atoms with Gasteiger partial charge in [0.25, 0.3) is 5.91 Å². The van der Waals surface area contributed by atoms with Gasteiger partial charge >= 0.3 is 5.82 Å². The molecule has 2 unspecified atom stereocenters. The van der Waals surface area contributed by atoms with Crippen LogP contribution in [0.2, 0.25) is 0 Å². The monoisotopic (exact) mass is 253 g/mol. The van der Waals surface area contributed by atoms with Crippen LogP contribution in [0.25, 0.3) is 0 Å². The Morgan fingerprint density at radius 3 is 2.89 bits per heavy atom. The van der Waals surface area contributed by atoms with Crippen LogP contribution in [0.5, 0.6) is 0 Å². The van der Waals surface area contributed by atoms with Gasteiger partial charge in [0.1, 0.15) is 0 Å². The van der Waals surface area contributed by atoms with E-state index in [-0.39, 0.29) is 29.4 Å². The molecule has 1 aliphatic rings. The number of aromatic amines is 1. The number of carbonyl (C=O) groups is 1. The van der Waals surface area contributed by atoms with E-state index < -0.39 is 4.92 Å². The first-order valence-corrected chi connectivity index (χ1v) is 5.86. The Kier molecular flexibility index (Phi) is 3.61. The van der Waals surface area contributed by atoms with E-state index >= 15 is 0 Å². The van der Waals surface area contributed by atoms with Gasteiger partial charge in [-0.1, -0.05) is 0 Å². The molecule has 0 spiro atoms. The average Bonchev–Trinajstić information content (AvgIpc) is 2.94. The van der Waals surface area contributed by atoms with Gasteiger partial charge in [-0.25, -0.2) is 4.98 Å². The molecule has 2 atom stereocenters. The summed E-state index contributed by atoms with van der Waals surface area (Å²) in [5.74, 6) is -0.269. The van der Waals surface area contributed by atoms with Crippen molar-refractivity contribution in [1.82, 2.24) is 10.3 Å². The summed E-state index contributed by atoms with van der Waals surface area (Å²) in [7, 11) is 0. The van der Waals surface area contributed by atoms with Crippen molar-refractivity contribution in [2.24, 2.45) is 5.92 Å². The number of carbonyl (C=O) groups excluding carboxylic acids is 1. The van der Waals surface area contributed by atoms with Crippen molar-refractivity contribution in [2.45, 2.75) is 25.4 Å². The summed E-state index contributed by atoms with van der Waals surface area (Å²) >= 11 is 0. The summed E-state index contributed by atoms with van der Waals surface area (Å²) in [5.41, 5.74) is 0.181. The number of rotatable bonds is 4. The van der Waals surface area contributed by atoms with Crippen molar-refractivity contribution in [3.05, 3.63) is 27.9 Å². The van der Waals surface area contributed by atoms with E-state index in [1.807, 2.05) is 0 Å². The number of hydrogen-bond donors (Lipinski definition) is 3. The van der Waals surface area contributed by atoms with Crippen LogP contribution in [0, 0.1) is 16.0 Å². The SMILES string of the molecule is O=C(NCC1CCC(O)C1)c1ccc([N+](=O)[O-])[nH]1. The summed E-state index contributed by atoms with van der Waals surface area (Å²) in [6.45, 7) is 0.489. The minimum Gasteiger partial charge on any atom is -0.393 e. The molecule has 1 fully saturated rings. The Morgan fingerprint density at radius 2 is 2.33 bits per heavy atom. The maximum atomic E-state index is 11.7. The van der Waals surface area contributed by atoms with Crippen LogP contribution < -0.4 is 5.32 Å². The zero-order valence-corrected chi connectivity index (χ0v) is 9.76. The van der Waals surface area contributed by atoms with E-state index in [0.717, 1.165) is 12.8 Å². The second kappa shape index (κ2) is 5.18. The quantitative estimate of drug-likeness (QED) is 0.545. The van der Waals surface area contributed by atoms with Crippen molar-refractivity contribution in [3.63, 3.8) is 0 Å². The van der Waals surface area contributed by atoms with Gasteiger partial charge in [0.2, 0.25) is 0 Å². The largest absolute Gasteiger partial charge is 0.393 e. The van der Waals surface area contributed by atoms with Gasteiger partial charge in [-0.15, -0.1) is 0 Å². The summed E-state index contributed by atoms with van der Waals surface area (Å²) in [5, 5.41) is 22.5. The molecular formula is C11H15N3O4. The fourth-order valence-electron chi connectivity index (χ4n) is 2.19. The molecule has 0 radical (unpaired) electrons. The van der Waals surface area contributed by atoms with Gasteiger partial charge in [0, 0.05) is 12.6 Å². The highest BCUT2D eigenvalue weighted by molar-refractivity contribution is 5.92. The predicted molar refractivity (Wildman–Crippen MR) is 63.1 cm³/mol. The van der Waals surface area contributed by atoms with Crippen LogP contribution in [0.15, 0.2) is 12.1 Å². The minimum absolute atomic E-state index is 0.181. The Bertz CT molecular complexity index is 457. The maximum Gasteiger partial charge on any atom is 0.321 e. The van der Waals surface area contributed by atoms with Crippen LogP contribution in [0.4, 0.5) is 5.82 Å². The molecule has 7 nitrogen and oxygen atoms in total. The van der Waals surface area contributed by atoms with E-state index in [1.54, 1.807) is 0 Å². The van der Waals surface area contributed by atoms with E-state index in [4.69, 9.17) is 0 Å². The molecular weight excluding hydrogens is 238 g/mol. The number of aliphatic hydroxyl groups is 1. The topological polar surface area (TPSA) is 108 Å². The fraction of sp³-hybridized carbons (Fsp3) is 0.545. The molecule has 98 valence electrons. The number of aromatic nitrogens is 1. The van der Waals surface area contributed by atoms with Crippen molar-refractivity contribution in [3.8, 4) is 0 Å². The molecule has 3 N–H and O–H groups in total. The minimum atomic E-state index is -0.579. The third kappa shape index (κ3) is 2.86. The molecule has 0 aromatic carbocycles. The number of hydrogen-bond acceptors (Lipinski definition) is 4. The van der Waals surface area contributed by atoms with Gasteiger partial charge in [0.05, 0.1) is 6.10 Å². The molecule has 18 heavy (non-hydrogen) atoms. The molecule has 0 bridgehead atoms. The molecule has 0 saturated heterocycles. The fourth-order valence-corrected chi connectivity index (χ4v) is 2.19. The molecule has 1 saturated carbocycles. The van der Waals surface area contributed by atoms with Gasteiger partial charge in [-0.3, -0.25) is 4.79 Å². The number of aliphatic hydroxyl groups excluding tert-OH is 1. The molecule has 0 aliphatic heterocycles. The van der Waals surface area contributed by atoms with E-state index in [0.29, 0.717) is 13.0 Å². The molecule has 1 aromatic heterocycles. The lowest BCUT2D eigenvalue weighted by Gasteiger charge is -2.09. The number of amides is 1. The average molecular weight is 253 g/mol. The first kappa shape index (κ1) is 12.6. The molecule has 1 amide bonds. The second-order valence-corrected chi connectivity index (χ2v) is 4.56. The van der Waals surface area contributed by atoms with Gasteiger partial charge in [0.15, 0.2) is 5.69 Å². The first-order valence-electron chi connectivity index (χ1n) is 5.86. The highest BCUT2D eigenvalue weighted by Gasteiger charge is 2.24. The lowest BCUT2D eigenvalue weighted by atomic mass is 10.1. The van der Waals surface area contributed by atoms with Crippen LogP contribution in [0.3, 0.4) is 0 Å². The zero-order valence-electron chi connectivity index (χ0n) is 9.76. The molecule has 7 heteroatoms. The predicted octanol–water partition coefficient (Wildman–Crippen LogP) is 0.814. The highest BCUT2D eigenvalue weighted by Crippen LogP contribution is 2.24. The summed E-state index contributed by atoms with van der Waals surface area (Å²) < 4.78 is 0. The summed E-state index contributed by atoms with van der Waals surface area (Å²) in [6.07, 6.45) is 2.10. The highest BCUT2D eigenvalue weighted by atomic mass is 16.6. The van der Waals surface area contributed by atoms with Crippen molar-refractivity contribution >= 4 is 11.7 Å². The molecule has 1 aromatic rings. The third-order valence-corrected chi connectivity index (χ3v) is 3.18. The van der Waals surface area contributed by atoms with Crippen LogP contribution in [-0.4, -0.2) is 33.6 Å². The normalized spacial score (nSPS) is 22.9. The molecule has 2 rings (SSSR count). The lowest BCUT2D eigenvalue weighted by Crippen LogP contribution is -2.28. The summed E-state index contributed by atoms with van der Waals surface area (Å²) in [4.78, 5) is 24.0. The first-order chi connectivity index (χ1) is 8.56. The third-order valence-electron chi connectivity index (χ3n) is 3.18. The van der Waals surface area contributed by atoms with Gasteiger partial charge < -0.3 is 20.5 Å². The number of nitrogens with zero attached hydrogens (tertiary/aromatic N) is 1. The smallest absolute Gasteiger partial charge is 0.321 e. The maximum absolute atomic E-state index is 11.7. The van der Waals surface area contributed by atoms with E-state index in [2.05, 4.69) is 10.3 Å². The van der Waals surface area contributed by atoms with E-state index in [1.165, 1.54) is 12.1 Å². The molecule has 1 aliphatic carbocycles. The van der Waals surface area contributed by atoms with Crippen LogP contribution in [-0.2, 0) is 0 Å². The van der Waals surface area contributed by atoms with Crippen molar-refractivity contribution in [2.75, 3.05) is 6.54 Å². The lowest BCUT2D eigenvalue weighted by molar-refractivity contribution is -0.389. The molecule has 1 heterocycles. The Hall–Kier alpha value is -1.89.